The molecule has 1 heterocycles. The van der Waals surface area contributed by atoms with E-state index in [1.165, 1.54) is 18.4 Å². The van der Waals surface area contributed by atoms with Gasteiger partial charge in [-0.25, -0.2) is 9.78 Å². The maximum atomic E-state index is 12.7. The van der Waals surface area contributed by atoms with Crippen LogP contribution in [0.5, 0.6) is 0 Å². The van der Waals surface area contributed by atoms with Crippen molar-refractivity contribution in [3.8, 4) is 0 Å². The monoisotopic (exact) mass is 428 g/mol. The van der Waals surface area contributed by atoms with E-state index in [4.69, 9.17) is 4.74 Å². The van der Waals surface area contributed by atoms with Crippen LogP contribution in [0.3, 0.4) is 0 Å². The Kier molecular flexibility index (Phi) is 7.02. The van der Waals surface area contributed by atoms with Crippen molar-refractivity contribution in [1.29, 1.82) is 0 Å². The Labute approximate surface area is 181 Å². The molecule has 0 bridgehead atoms. The molecule has 1 amide bonds. The molecule has 1 aliphatic rings. The molecule has 1 aromatic carbocycles. The van der Waals surface area contributed by atoms with Crippen molar-refractivity contribution in [2.75, 3.05) is 12.4 Å². The Bertz CT molecular complexity index is 933. The van der Waals surface area contributed by atoms with Crippen LogP contribution < -0.4 is 5.32 Å². The van der Waals surface area contributed by atoms with Crippen molar-refractivity contribution in [3.63, 3.8) is 0 Å². The molecule has 0 radical (unpaired) electrons. The normalized spacial score (nSPS) is 17.2. The number of anilines is 1. The summed E-state index contributed by atoms with van der Waals surface area (Å²) in [7, 11) is 1.32. The van der Waals surface area contributed by atoms with Gasteiger partial charge in [-0.05, 0) is 43.2 Å². The second kappa shape index (κ2) is 9.51. The number of carbonyl (C=O) groups is 3. The third-order valence-electron chi connectivity index (χ3n) is 5.57. The number of rotatable bonds is 7. The fourth-order valence-corrected chi connectivity index (χ4v) is 4.67. The first-order valence-corrected chi connectivity index (χ1v) is 11.1. The molecule has 160 valence electrons. The molecule has 1 N–H and O–H groups in total. The highest BCUT2D eigenvalue weighted by molar-refractivity contribution is 7.16. The van der Waals surface area contributed by atoms with Crippen LogP contribution in [0.25, 0.3) is 0 Å². The number of esters is 1. The summed E-state index contributed by atoms with van der Waals surface area (Å²) < 4.78 is 4.80. The highest BCUT2D eigenvalue weighted by Crippen LogP contribution is 2.31. The van der Waals surface area contributed by atoms with E-state index in [0.29, 0.717) is 17.3 Å². The van der Waals surface area contributed by atoms with Gasteiger partial charge < -0.3 is 10.1 Å². The molecule has 0 aliphatic heterocycles. The Balaban J connectivity index is 1.67. The largest absolute Gasteiger partial charge is 0.464 e. The standard InChI is InChI=1S/C23H28N2O4S/c1-13(2)20-19(22(28)29-4)24-23(30-20)25-21(27)14(3)16-10-8-15(9-11-16)12-17-6-5-7-18(17)26/h8-11,13-14,17H,5-7,12H2,1-4H3,(H,24,25,27)/t14-,17+/m0/s1. The minimum Gasteiger partial charge on any atom is -0.464 e. The van der Waals surface area contributed by atoms with Gasteiger partial charge in [-0.1, -0.05) is 38.1 Å². The van der Waals surface area contributed by atoms with Crippen molar-refractivity contribution < 1.29 is 19.1 Å². The predicted molar refractivity (Wildman–Crippen MR) is 117 cm³/mol. The Morgan fingerprint density at radius 3 is 2.50 bits per heavy atom. The highest BCUT2D eigenvalue weighted by Gasteiger charge is 2.25. The molecule has 1 saturated carbocycles. The van der Waals surface area contributed by atoms with Gasteiger partial charge in [0.05, 0.1) is 13.0 Å². The molecular formula is C23H28N2O4S. The van der Waals surface area contributed by atoms with Gasteiger partial charge in [-0.2, -0.15) is 0 Å². The molecule has 1 aromatic heterocycles. The van der Waals surface area contributed by atoms with Gasteiger partial charge in [-0.3, -0.25) is 9.59 Å². The molecule has 0 spiro atoms. The topological polar surface area (TPSA) is 85.4 Å². The zero-order valence-electron chi connectivity index (χ0n) is 17.9. The number of aromatic nitrogens is 1. The number of nitrogens with zero attached hydrogens (tertiary/aromatic N) is 1. The summed E-state index contributed by atoms with van der Waals surface area (Å²) in [6.45, 7) is 5.77. The molecule has 30 heavy (non-hydrogen) atoms. The number of Topliss-reactive ketones (excluding diaryl/α,β-unsaturated/α-hetero) is 1. The Hall–Kier alpha value is -2.54. The van der Waals surface area contributed by atoms with Crippen molar-refractivity contribution >= 4 is 34.1 Å². The second-order valence-electron chi connectivity index (χ2n) is 8.09. The van der Waals surface area contributed by atoms with Crippen LogP contribution in [0, 0.1) is 5.92 Å². The van der Waals surface area contributed by atoms with Crippen molar-refractivity contribution in [3.05, 3.63) is 46.0 Å². The average Bonchev–Trinajstić information content (AvgIpc) is 3.34. The highest BCUT2D eigenvalue weighted by atomic mass is 32.1. The van der Waals surface area contributed by atoms with Crippen LogP contribution in [0.2, 0.25) is 0 Å². The molecule has 2 atom stereocenters. The minimum absolute atomic E-state index is 0.0963. The number of nitrogens with one attached hydrogen (secondary N) is 1. The zero-order chi connectivity index (χ0) is 21.8. The fourth-order valence-electron chi connectivity index (χ4n) is 3.72. The van der Waals surface area contributed by atoms with E-state index in [2.05, 4.69) is 10.3 Å². The number of hydrogen-bond donors (Lipinski definition) is 1. The summed E-state index contributed by atoms with van der Waals surface area (Å²) in [5.41, 5.74) is 2.27. The summed E-state index contributed by atoms with van der Waals surface area (Å²) in [5.74, 6) is -0.462. The number of ketones is 1. The summed E-state index contributed by atoms with van der Waals surface area (Å²) in [6, 6.07) is 7.89. The molecule has 6 nitrogen and oxygen atoms in total. The van der Waals surface area contributed by atoms with E-state index in [9.17, 15) is 14.4 Å². The average molecular weight is 429 g/mol. The first-order valence-electron chi connectivity index (χ1n) is 10.3. The maximum Gasteiger partial charge on any atom is 0.357 e. The molecule has 7 heteroatoms. The molecule has 0 unspecified atom stereocenters. The SMILES string of the molecule is COC(=O)c1nc(NC(=O)[C@@H](C)c2ccc(C[C@H]3CCCC3=O)cc2)sc1C(C)C. The van der Waals surface area contributed by atoms with Crippen LogP contribution in [0.4, 0.5) is 5.13 Å². The lowest BCUT2D eigenvalue weighted by Gasteiger charge is -2.13. The van der Waals surface area contributed by atoms with Gasteiger partial charge in [0.1, 0.15) is 5.78 Å². The molecular weight excluding hydrogens is 400 g/mol. The molecule has 3 rings (SSSR count). The van der Waals surface area contributed by atoms with E-state index in [1.54, 1.807) is 0 Å². The lowest BCUT2D eigenvalue weighted by molar-refractivity contribution is -0.120. The van der Waals surface area contributed by atoms with Gasteiger partial charge in [0.25, 0.3) is 0 Å². The lowest BCUT2D eigenvalue weighted by atomic mass is 9.94. The number of amides is 1. The lowest BCUT2D eigenvalue weighted by Crippen LogP contribution is -2.19. The van der Waals surface area contributed by atoms with Gasteiger partial charge >= 0.3 is 5.97 Å². The molecule has 1 fully saturated rings. The van der Waals surface area contributed by atoms with E-state index in [-0.39, 0.29) is 29.4 Å². The van der Waals surface area contributed by atoms with Gasteiger partial charge in [0.15, 0.2) is 10.8 Å². The minimum atomic E-state index is -0.500. The smallest absolute Gasteiger partial charge is 0.357 e. The summed E-state index contributed by atoms with van der Waals surface area (Å²) >= 11 is 1.30. The van der Waals surface area contributed by atoms with Crippen LogP contribution in [0.15, 0.2) is 24.3 Å². The molecule has 0 saturated heterocycles. The van der Waals surface area contributed by atoms with Crippen LogP contribution in [-0.2, 0) is 20.7 Å². The third kappa shape index (κ3) is 4.95. The quantitative estimate of drug-likeness (QED) is 0.646. The second-order valence-corrected chi connectivity index (χ2v) is 9.12. The zero-order valence-corrected chi connectivity index (χ0v) is 18.7. The number of benzene rings is 1. The summed E-state index contributed by atoms with van der Waals surface area (Å²) in [4.78, 5) is 41.6. The number of methoxy groups -OCH3 is 1. The Morgan fingerprint density at radius 1 is 1.23 bits per heavy atom. The first-order chi connectivity index (χ1) is 14.3. The van der Waals surface area contributed by atoms with Gasteiger partial charge in [0.2, 0.25) is 5.91 Å². The van der Waals surface area contributed by atoms with Gasteiger partial charge in [0, 0.05) is 17.2 Å². The number of carbonyl (C=O) groups excluding carboxylic acids is 3. The number of hydrogen-bond acceptors (Lipinski definition) is 6. The fraction of sp³-hybridized carbons (Fsp3) is 0.478. The molecule has 2 aromatic rings. The van der Waals surface area contributed by atoms with E-state index < -0.39 is 5.97 Å². The van der Waals surface area contributed by atoms with Gasteiger partial charge in [-0.15, -0.1) is 11.3 Å². The van der Waals surface area contributed by atoms with Crippen molar-refractivity contribution in [2.45, 2.75) is 58.3 Å². The van der Waals surface area contributed by atoms with Crippen LogP contribution >= 0.6 is 11.3 Å². The van der Waals surface area contributed by atoms with Crippen molar-refractivity contribution in [2.24, 2.45) is 5.92 Å². The number of thiazole rings is 1. The summed E-state index contributed by atoms with van der Waals surface area (Å²) in [5, 5.41) is 3.23. The third-order valence-corrected chi connectivity index (χ3v) is 6.84. The van der Waals surface area contributed by atoms with E-state index in [0.717, 1.165) is 35.3 Å². The predicted octanol–water partition coefficient (Wildman–Crippen LogP) is 4.71. The first kappa shape index (κ1) is 22.2. The Morgan fingerprint density at radius 2 is 1.93 bits per heavy atom. The van der Waals surface area contributed by atoms with Crippen molar-refractivity contribution in [1.82, 2.24) is 4.98 Å². The van der Waals surface area contributed by atoms with E-state index in [1.807, 2.05) is 45.0 Å². The van der Waals surface area contributed by atoms with Crippen LogP contribution in [0.1, 0.15) is 78.4 Å². The van der Waals surface area contributed by atoms with Crippen LogP contribution in [-0.4, -0.2) is 29.8 Å². The molecule has 1 aliphatic carbocycles. The maximum absolute atomic E-state index is 12.7. The summed E-state index contributed by atoms with van der Waals surface area (Å²) in [6.07, 6.45) is 3.44. The number of ether oxygens (including phenoxy) is 1. The van der Waals surface area contributed by atoms with E-state index >= 15 is 0 Å².